The van der Waals surface area contributed by atoms with E-state index < -0.39 is 32.4 Å². The molecule has 142 valence electrons. The fourth-order valence-corrected chi connectivity index (χ4v) is 3.79. The number of pyridine rings is 1. The summed E-state index contributed by atoms with van der Waals surface area (Å²) in [5.41, 5.74) is -1.38. The minimum absolute atomic E-state index is 0.0845. The van der Waals surface area contributed by atoms with Crippen LogP contribution in [0.1, 0.15) is 23.0 Å². The third-order valence-corrected chi connectivity index (χ3v) is 5.91. The van der Waals surface area contributed by atoms with Crippen LogP contribution in [0.4, 0.5) is 13.2 Å². The highest BCUT2D eigenvalue weighted by Gasteiger charge is 2.34. The molecule has 0 aliphatic carbocycles. The quantitative estimate of drug-likeness (QED) is 0.851. The molecule has 3 heterocycles. The Kier molecular flexibility index (Phi) is 4.69. The van der Waals surface area contributed by atoms with E-state index in [-0.39, 0.29) is 17.1 Å². The van der Waals surface area contributed by atoms with Crippen molar-refractivity contribution in [2.24, 2.45) is 0 Å². The van der Waals surface area contributed by atoms with Gasteiger partial charge in [-0.15, -0.1) is 0 Å². The number of halogens is 3. The molecule has 11 heteroatoms. The predicted octanol–water partition coefficient (Wildman–Crippen LogP) is 1.19. The van der Waals surface area contributed by atoms with Crippen LogP contribution in [0.2, 0.25) is 0 Å². The highest BCUT2D eigenvalue weighted by Crippen LogP contribution is 2.32. The number of alkyl halides is 3. The van der Waals surface area contributed by atoms with E-state index in [4.69, 9.17) is 0 Å². The van der Waals surface area contributed by atoms with E-state index in [0.717, 1.165) is 16.8 Å². The Labute approximate surface area is 147 Å². The van der Waals surface area contributed by atoms with E-state index in [0.29, 0.717) is 32.2 Å². The third-order valence-electron chi connectivity index (χ3n) is 4.18. The van der Waals surface area contributed by atoms with E-state index in [2.05, 4.69) is 10.3 Å². The lowest BCUT2D eigenvalue weighted by molar-refractivity contribution is -0.138. The number of hydrogen-bond donors (Lipinski definition) is 1. The Morgan fingerprint density at radius 1 is 1.27 bits per heavy atom. The monoisotopic (exact) mass is 390 g/mol. The normalized spacial score (nSPS) is 16.2. The number of rotatable bonds is 3. The summed E-state index contributed by atoms with van der Waals surface area (Å²) in [5.74, 6) is -0.818. The summed E-state index contributed by atoms with van der Waals surface area (Å²) in [7, 11) is -3.96. The highest BCUT2D eigenvalue weighted by atomic mass is 32.2. The van der Waals surface area contributed by atoms with E-state index in [1.165, 1.54) is 11.8 Å². The number of nitrogens with zero attached hydrogens (tertiary/aromatic N) is 3. The molecule has 0 atom stereocenters. The fourth-order valence-electron chi connectivity index (χ4n) is 2.74. The molecule has 1 aliphatic rings. The standard InChI is InChI=1S/C15H17F3N4O3S/c1-2-26(24,25)12-7-10(15(16,17)18)8-22-9-11(20-13(12)22)14(23)21-5-3-19-4-6-21/h7-9,19H,2-6H2,1H3. The minimum Gasteiger partial charge on any atom is -0.335 e. The van der Waals surface area contributed by atoms with E-state index in [1.807, 2.05) is 0 Å². The van der Waals surface area contributed by atoms with Crippen LogP contribution in [0.5, 0.6) is 0 Å². The first-order valence-electron chi connectivity index (χ1n) is 7.96. The smallest absolute Gasteiger partial charge is 0.335 e. The van der Waals surface area contributed by atoms with Crippen LogP contribution >= 0.6 is 0 Å². The van der Waals surface area contributed by atoms with Crippen LogP contribution < -0.4 is 5.32 Å². The predicted molar refractivity (Wildman–Crippen MR) is 86.7 cm³/mol. The lowest BCUT2D eigenvalue weighted by Crippen LogP contribution is -2.46. The number of amides is 1. The fraction of sp³-hybridized carbons (Fsp3) is 0.467. The number of nitrogens with one attached hydrogen (secondary N) is 1. The molecule has 0 unspecified atom stereocenters. The van der Waals surface area contributed by atoms with Gasteiger partial charge in [0.15, 0.2) is 15.5 Å². The van der Waals surface area contributed by atoms with Crippen molar-refractivity contribution in [1.82, 2.24) is 19.6 Å². The summed E-state index contributed by atoms with van der Waals surface area (Å²) in [4.78, 5) is 17.6. The van der Waals surface area contributed by atoms with E-state index in [1.54, 1.807) is 0 Å². The van der Waals surface area contributed by atoms with Crippen LogP contribution in [0.3, 0.4) is 0 Å². The van der Waals surface area contributed by atoms with Gasteiger partial charge in [-0.25, -0.2) is 13.4 Å². The number of carbonyl (C=O) groups is 1. The van der Waals surface area contributed by atoms with E-state index in [9.17, 15) is 26.4 Å². The zero-order valence-electron chi connectivity index (χ0n) is 13.9. The van der Waals surface area contributed by atoms with Crippen molar-refractivity contribution in [2.45, 2.75) is 18.0 Å². The average molecular weight is 390 g/mol. The second kappa shape index (κ2) is 6.54. The molecule has 26 heavy (non-hydrogen) atoms. The van der Waals surface area contributed by atoms with Crippen LogP contribution in [-0.4, -0.2) is 60.5 Å². The number of piperazine rings is 1. The van der Waals surface area contributed by atoms with Gasteiger partial charge in [0.2, 0.25) is 0 Å². The van der Waals surface area contributed by atoms with Crippen molar-refractivity contribution >= 4 is 21.4 Å². The van der Waals surface area contributed by atoms with Gasteiger partial charge in [-0.3, -0.25) is 4.79 Å². The Morgan fingerprint density at radius 2 is 1.92 bits per heavy atom. The zero-order chi connectivity index (χ0) is 19.1. The molecule has 1 N–H and O–H groups in total. The van der Waals surface area contributed by atoms with Gasteiger partial charge in [0.1, 0.15) is 10.6 Å². The summed E-state index contributed by atoms with van der Waals surface area (Å²) in [5, 5.41) is 3.08. The molecule has 2 aromatic rings. The number of aromatic nitrogens is 2. The minimum atomic E-state index is -4.72. The van der Waals surface area contributed by atoms with Crippen molar-refractivity contribution in [2.75, 3.05) is 31.9 Å². The van der Waals surface area contributed by atoms with Gasteiger partial charge >= 0.3 is 6.18 Å². The molecule has 1 amide bonds. The summed E-state index contributed by atoms with van der Waals surface area (Å²) in [6.07, 6.45) is -2.84. The Balaban J connectivity index is 2.15. The number of carbonyl (C=O) groups excluding carboxylic acids is 1. The van der Waals surface area contributed by atoms with Crippen molar-refractivity contribution in [3.8, 4) is 0 Å². The first-order chi connectivity index (χ1) is 12.1. The Bertz CT molecular complexity index is 947. The maximum Gasteiger partial charge on any atom is 0.417 e. The van der Waals surface area contributed by atoms with Gasteiger partial charge < -0.3 is 14.6 Å². The third kappa shape index (κ3) is 3.40. The molecule has 0 radical (unpaired) electrons. The number of hydrogen-bond acceptors (Lipinski definition) is 5. The SMILES string of the molecule is CCS(=O)(=O)c1cc(C(F)(F)F)cn2cc(C(=O)N3CCNCC3)nc12. The molecule has 0 spiro atoms. The van der Waals surface area contributed by atoms with Crippen LogP contribution in [0.25, 0.3) is 5.65 Å². The first kappa shape index (κ1) is 18.6. The molecular formula is C15H17F3N4O3S. The van der Waals surface area contributed by atoms with Crippen molar-refractivity contribution in [3.05, 3.63) is 29.7 Å². The summed E-state index contributed by atoms with van der Waals surface area (Å²) in [6.45, 7) is 3.43. The summed E-state index contributed by atoms with van der Waals surface area (Å²) >= 11 is 0. The maximum atomic E-state index is 13.1. The van der Waals surface area contributed by atoms with Gasteiger partial charge in [0.05, 0.1) is 11.3 Å². The molecule has 0 bridgehead atoms. The molecule has 0 saturated carbocycles. The molecule has 3 rings (SSSR count). The van der Waals surface area contributed by atoms with Crippen molar-refractivity contribution in [1.29, 1.82) is 0 Å². The topological polar surface area (TPSA) is 83.8 Å². The van der Waals surface area contributed by atoms with Gasteiger partial charge in [-0.2, -0.15) is 13.2 Å². The van der Waals surface area contributed by atoms with Gasteiger partial charge in [0.25, 0.3) is 5.91 Å². The molecule has 0 aromatic carbocycles. The van der Waals surface area contributed by atoms with Gasteiger partial charge in [-0.1, -0.05) is 6.92 Å². The Morgan fingerprint density at radius 3 is 2.50 bits per heavy atom. The van der Waals surface area contributed by atoms with Crippen molar-refractivity contribution in [3.63, 3.8) is 0 Å². The average Bonchev–Trinajstić information content (AvgIpc) is 3.04. The second-order valence-electron chi connectivity index (χ2n) is 5.89. The molecule has 1 saturated heterocycles. The first-order valence-corrected chi connectivity index (χ1v) is 9.61. The lowest BCUT2D eigenvalue weighted by atomic mass is 10.3. The summed E-state index contributed by atoms with van der Waals surface area (Å²) < 4.78 is 64.9. The highest BCUT2D eigenvalue weighted by molar-refractivity contribution is 7.91. The summed E-state index contributed by atoms with van der Waals surface area (Å²) in [6, 6.07) is 0.570. The number of sulfone groups is 1. The zero-order valence-corrected chi connectivity index (χ0v) is 14.7. The van der Waals surface area contributed by atoms with Crippen molar-refractivity contribution < 1.29 is 26.4 Å². The second-order valence-corrected chi connectivity index (χ2v) is 8.14. The van der Waals surface area contributed by atoms with Gasteiger partial charge in [-0.05, 0) is 6.07 Å². The molecular weight excluding hydrogens is 373 g/mol. The van der Waals surface area contributed by atoms with Gasteiger partial charge in [0, 0.05) is 38.6 Å². The molecule has 2 aromatic heterocycles. The Hall–Kier alpha value is -2.14. The van der Waals surface area contributed by atoms with Crippen LogP contribution in [-0.2, 0) is 16.0 Å². The molecule has 1 aliphatic heterocycles. The lowest BCUT2D eigenvalue weighted by Gasteiger charge is -2.26. The van der Waals surface area contributed by atoms with Crippen LogP contribution in [0.15, 0.2) is 23.4 Å². The molecule has 1 fully saturated rings. The van der Waals surface area contributed by atoms with Crippen LogP contribution in [0, 0.1) is 0 Å². The number of fused-ring (bicyclic) bond motifs is 1. The molecule has 7 nitrogen and oxygen atoms in total. The number of imidazole rings is 1. The maximum absolute atomic E-state index is 13.1. The van der Waals surface area contributed by atoms with E-state index >= 15 is 0 Å². The largest absolute Gasteiger partial charge is 0.417 e.